The van der Waals surface area contributed by atoms with Crippen LogP contribution in [-0.2, 0) is 0 Å². The van der Waals surface area contributed by atoms with Gasteiger partial charge in [-0.25, -0.2) is 13.2 Å². The van der Waals surface area contributed by atoms with E-state index in [9.17, 15) is 18.0 Å². The lowest BCUT2D eigenvalue weighted by atomic mass is 10.1. The SMILES string of the molecule is CC1CN(C(=O)c2cc(F)c(F)c(F)c2)C(C)CN1.Cl. The number of nitrogens with one attached hydrogen (secondary N) is 1. The van der Waals surface area contributed by atoms with Gasteiger partial charge >= 0.3 is 0 Å². The van der Waals surface area contributed by atoms with Gasteiger partial charge in [0.25, 0.3) is 5.91 Å². The third-order valence-corrected chi connectivity index (χ3v) is 3.26. The van der Waals surface area contributed by atoms with E-state index in [4.69, 9.17) is 0 Å². The minimum atomic E-state index is -1.56. The van der Waals surface area contributed by atoms with Crippen LogP contribution in [0.3, 0.4) is 0 Å². The van der Waals surface area contributed by atoms with Crippen LogP contribution in [0, 0.1) is 17.5 Å². The zero-order chi connectivity index (χ0) is 14.2. The Labute approximate surface area is 121 Å². The Kier molecular flexibility index (Phi) is 5.42. The summed E-state index contributed by atoms with van der Waals surface area (Å²) in [6.45, 7) is 4.81. The van der Waals surface area contributed by atoms with Crippen molar-refractivity contribution >= 4 is 18.3 Å². The highest BCUT2D eigenvalue weighted by molar-refractivity contribution is 5.94. The van der Waals surface area contributed by atoms with Gasteiger partial charge in [0.2, 0.25) is 0 Å². The summed E-state index contributed by atoms with van der Waals surface area (Å²) in [7, 11) is 0. The molecule has 0 bridgehead atoms. The third-order valence-electron chi connectivity index (χ3n) is 3.26. The molecule has 1 aliphatic rings. The highest BCUT2D eigenvalue weighted by atomic mass is 35.5. The maximum Gasteiger partial charge on any atom is 0.254 e. The monoisotopic (exact) mass is 308 g/mol. The lowest BCUT2D eigenvalue weighted by molar-refractivity contribution is 0.0615. The molecule has 1 amide bonds. The zero-order valence-electron chi connectivity index (χ0n) is 11.1. The summed E-state index contributed by atoms with van der Waals surface area (Å²) in [4.78, 5) is 13.7. The summed E-state index contributed by atoms with van der Waals surface area (Å²) in [5.41, 5.74) is -0.169. The second kappa shape index (κ2) is 6.45. The van der Waals surface area contributed by atoms with Gasteiger partial charge in [-0.2, -0.15) is 0 Å². The van der Waals surface area contributed by atoms with Crippen LogP contribution in [0.1, 0.15) is 24.2 Å². The number of halogens is 4. The van der Waals surface area contributed by atoms with Crippen molar-refractivity contribution in [3.8, 4) is 0 Å². The first-order valence-electron chi connectivity index (χ1n) is 6.09. The summed E-state index contributed by atoms with van der Waals surface area (Å²) in [6.07, 6.45) is 0. The number of piperazine rings is 1. The van der Waals surface area contributed by atoms with Crippen LogP contribution in [0.4, 0.5) is 13.2 Å². The molecule has 1 fully saturated rings. The van der Waals surface area contributed by atoms with Crippen molar-refractivity contribution in [3.05, 3.63) is 35.1 Å². The molecule has 0 radical (unpaired) electrons. The molecule has 0 aromatic heterocycles. The maximum absolute atomic E-state index is 13.1. The highest BCUT2D eigenvalue weighted by Gasteiger charge is 2.28. The first kappa shape index (κ1) is 16.8. The van der Waals surface area contributed by atoms with E-state index in [1.807, 2.05) is 13.8 Å². The van der Waals surface area contributed by atoms with E-state index in [-0.39, 0.29) is 30.1 Å². The fourth-order valence-corrected chi connectivity index (χ4v) is 2.15. The molecule has 1 aromatic carbocycles. The topological polar surface area (TPSA) is 32.3 Å². The summed E-state index contributed by atoms with van der Waals surface area (Å²) >= 11 is 0. The van der Waals surface area contributed by atoms with Gasteiger partial charge in [-0.15, -0.1) is 12.4 Å². The molecule has 2 rings (SSSR count). The van der Waals surface area contributed by atoms with Gasteiger partial charge in [0.05, 0.1) is 0 Å². The summed E-state index contributed by atoms with van der Waals surface area (Å²) in [5.74, 6) is -4.74. The van der Waals surface area contributed by atoms with E-state index in [0.29, 0.717) is 13.1 Å². The van der Waals surface area contributed by atoms with E-state index in [0.717, 1.165) is 12.1 Å². The average molecular weight is 309 g/mol. The Bertz CT molecular complexity index is 489. The van der Waals surface area contributed by atoms with Crippen molar-refractivity contribution in [2.45, 2.75) is 25.9 Å². The highest BCUT2D eigenvalue weighted by Crippen LogP contribution is 2.17. The minimum Gasteiger partial charge on any atom is -0.333 e. The normalized spacial score (nSPS) is 22.4. The van der Waals surface area contributed by atoms with E-state index in [1.54, 1.807) is 0 Å². The number of nitrogens with zero attached hydrogens (tertiary/aromatic N) is 1. The number of carbonyl (C=O) groups excluding carboxylic acids is 1. The van der Waals surface area contributed by atoms with Gasteiger partial charge in [-0.3, -0.25) is 4.79 Å². The first-order valence-corrected chi connectivity index (χ1v) is 6.09. The zero-order valence-corrected chi connectivity index (χ0v) is 11.9. The molecule has 1 N–H and O–H groups in total. The second-order valence-electron chi connectivity index (χ2n) is 4.87. The quantitative estimate of drug-likeness (QED) is 0.808. The Hall–Kier alpha value is -1.27. The third kappa shape index (κ3) is 3.24. The molecule has 0 spiro atoms. The lowest BCUT2D eigenvalue weighted by Gasteiger charge is -2.37. The van der Waals surface area contributed by atoms with E-state index in [2.05, 4.69) is 5.32 Å². The van der Waals surface area contributed by atoms with Gasteiger partial charge in [0, 0.05) is 30.7 Å². The van der Waals surface area contributed by atoms with Gasteiger partial charge < -0.3 is 10.2 Å². The molecule has 2 atom stereocenters. The molecule has 1 heterocycles. The van der Waals surface area contributed by atoms with Crippen LogP contribution in [0.25, 0.3) is 0 Å². The molecule has 1 saturated heterocycles. The Morgan fingerprint density at radius 2 is 1.80 bits per heavy atom. The Morgan fingerprint density at radius 3 is 2.35 bits per heavy atom. The van der Waals surface area contributed by atoms with Crippen molar-refractivity contribution in [1.82, 2.24) is 10.2 Å². The van der Waals surface area contributed by atoms with Gasteiger partial charge in [0.1, 0.15) is 0 Å². The standard InChI is InChI=1S/C13H15F3N2O.ClH/c1-7-6-18(8(2)5-17-7)13(19)9-3-10(14)12(16)11(15)4-9;/h3-4,7-8,17H,5-6H2,1-2H3;1H. The minimum absolute atomic E-state index is 0. The largest absolute Gasteiger partial charge is 0.333 e. The Balaban J connectivity index is 0.00000200. The van der Waals surface area contributed by atoms with Gasteiger partial charge in [0.15, 0.2) is 17.5 Å². The number of amides is 1. The van der Waals surface area contributed by atoms with Crippen molar-refractivity contribution in [2.24, 2.45) is 0 Å². The van der Waals surface area contributed by atoms with Crippen LogP contribution in [-0.4, -0.2) is 36.0 Å². The molecule has 7 heteroatoms. The lowest BCUT2D eigenvalue weighted by Crippen LogP contribution is -2.56. The summed E-state index contributed by atoms with van der Waals surface area (Å²) in [5, 5.41) is 3.20. The van der Waals surface area contributed by atoms with Gasteiger partial charge in [-0.1, -0.05) is 0 Å². The van der Waals surface area contributed by atoms with Crippen molar-refractivity contribution < 1.29 is 18.0 Å². The van der Waals surface area contributed by atoms with Crippen molar-refractivity contribution in [1.29, 1.82) is 0 Å². The van der Waals surface area contributed by atoms with Crippen molar-refractivity contribution in [2.75, 3.05) is 13.1 Å². The van der Waals surface area contributed by atoms with E-state index in [1.165, 1.54) is 4.90 Å². The predicted molar refractivity (Wildman–Crippen MR) is 71.5 cm³/mol. The fourth-order valence-electron chi connectivity index (χ4n) is 2.15. The molecule has 1 aliphatic heterocycles. The van der Waals surface area contributed by atoms with Gasteiger partial charge in [-0.05, 0) is 26.0 Å². The molecular formula is C13H16ClF3N2O. The van der Waals surface area contributed by atoms with Crippen LogP contribution < -0.4 is 5.32 Å². The fraction of sp³-hybridized carbons (Fsp3) is 0.462. The molecule has 0 saturated carbocycles. The number of rotatable bonds is 1. The first-order chi connectivity index (χ1) is 8.90. The molecule has 2 unspecified atom stereocenters. The molecule has 20 heavy (non-hydrogen) atoms. The molecule has 1 aromatic rings. The van der Waals surface area contributed by atoms with E-state index >= 15 is 0 Å². The summed E-state index contributed by atoms with van der Waals surface area (Å²) in [6, 6.07) is 1.50. The van der Waals surface area contributed by atoms with Crippen LogP contribution >= 0.6 is 12.4 Å². The van der Waals surface area contributed by atoms with Crippen LogP contribution in [0.15, 0.2) is 12.1 Å². The maximum atomic E-state index is 13.1. The Morgan fingerprint density at radius 1 is 1.25 bits per heavy atom. The summed E-state index contributed by atoms with van der Waals surface area (Å²) < 4.78 is 39.2. The number of carbonyl (C=O) groups is 1. The van der Waals surface area contributed by atoms with Crippen molar-refractivity contribution in [3.63, 3.8) is 0 Å². The number of hydrogen-bond acceptors (Lipinski definition) is 2. The molecule has 112 valence electrons. The molecular weight excluding hydrogens is 293 g/mol. The average Bonchev–Trinajstić information content (AvgIpc) is 2.37. The smallest absolute Gasteiger partial charge is 0.254 e. The molecule has 3 nitrogen and oxygen atoms in total. The van der Waals surface area contributed by atoms with Crippen LogP contribution in [0.5, 0.6) is 0 Å². The second-order valence-corrected chi connectivity index (χ2v) is 4.87. The predicted octanol–water partition coefficient (Wildman–Crippen LogP) is 2.35. The number of hydrogen-bond donors (Lipinski definition) is 1. The van der Waals surface area contributed by atoms with Crippen LogP contribution in [0.2, 0.25) is 0 Å². The molecule has 0 aliphatic carbocycles. The number of benzene rings is 1. The van der Waals surface area contributed by atoms with E-state index < -0.39 is 23.4 Å².